The minimum absolute atomic E-state index is 0.279. The topological polar surface area (TPSA) is 55.6 Å². The van der Waals surface area contributed by atoms with Gasteiger partial charge in [0.1, 0.15) is 12.2 Å². The number of aromatic nitrogens is 4. The molecule has 0 amide bonds. The second-order valence-electron chi connectivity index (χ2n) is 4.89. The van der Waals surface area contributed by atoms with E-state index < -0.39 is 0 Å². The van der Waals surface area contributed by atoms with Gasteiger partial charge in [0.2, 0.25) is 0 Å². The van der Waals surface area contributed by atoms with Gasteiger partial charge in [0, 0.05) is 24.0 Å². The molecule has 0 radical (unpaired) electrons. The van der Waals surface area contributed by atoms with Gasteiger partial charge in [0.25, 0.3) is 0 Å². The normalized spacial score (nSPS) is 12.8. The van der Waals surface area contributed by atoms with Crippen LogP contribution >= 0.6 is 11.3 Å². The maximum atomic E-state index is 4.41. The predicted octanol–water partition coefficient (Wildman–Crippen LogP) is 2.74. The highest BCUT2D eigenvalue weighted by molar-refractivity contribution is 7.11. The average Bonchev–Trinajstić information content (AvgIpc) is 3.04. The van der Waals surface area contributed by atoms with E-state index in [9.17, 15) is 0 Å². The first-order valence-corrected chi connectivity index (χ1v) is 8.08. The van der Waals surface area contributed by atoms with Crippen LogP contribution in [0.25, 0.3) is 0 Å². The fraction of sp³-hybridized carbons (Fsp3) is 0.643. The summed E-state index contributed by atoms with van der Waals surface area (Å²) in [5.74, 6) is 1.05. The van der Waals surface area contributed by atoms with Crippen LogP contribution in [0, 0.1) is 6.92 Å². The zero-order valence-corrected chi connectivity index (χ0v) is 13.3. The van der Waals surface area contributed by atoms with E-state index in [0.29, 0.717) is 0 Å². The summed E-state index contributed by atoms with van der Waals surface area (Å²) < 4.78 is 2.01. The third-order valence-electron chi connectivity index (χ3n) is 3.14. The largest absolute Gasteiger partial charge is 0.309 e. The quantitative estimate of drug-likeness (QED) is 0.813. The lowest BCUT2D eigenvalue weighted by atomic mass is 10.1. The highest BCUT2D eigenvalue weighted by Gasteiger charge is 2.17. The first-order chi connectivity index (χ1) is 9.74. The van der Waals surface area contributed by atoms with Gasteiger partial charge in [-0.05, 0) is 26.3 Å². The van der Waals surface area contributed by atoms with Crippen LogP contribution in [0.2, 0.25) is 0 Å². The summed E-state index contributed by atoms with van der Waals surface area (Å²) in [6.45, 7) is 8.32. The van der Waals surface area contributed by atoms with Gasteiger partial charge >= 0.3 is 0 Å². The lowest BCUT2D eigenvalue weighted by Gasteiger charge is -2.16. The monoisotopic (exact) mass is 293 g/mol. The molecule has 0 saturated carbocycles. The number of rotatable bonds is 8. The highest BCUT2D eigenvalue weighted by atomic mass is 32.1. The summed E-state index contributed by atoms with van der Waals surface area (Å²) in [5, 5.41) is 9.01. The van der Waals surface area contributed by atoms with Crippen molar-refractivity contribution in [2.45, 2.75) is 52.6 Å². The Morgan fingerprint density at radius 3 is 2.80 bits per heavy atom. The van der Waals surface area contributed by atoms with E-state index in [-0.39, 0.29) is 6.04 Å². The van der Waals surface area contributed by atoms with Crippen molar-refractivity contribution < 1.29 is 0 Å². The fourth-order valence-corrected chi connectivity index (χ4v) is 3.02. The lowest BCUT2D eigenvalue weighted by Crippen LogP contribution is -2.25. The second-order valence-corrected chi connectivity index (χ2v) is 6.16. The molecule has 110 valence electrons. The number of hydrogen-bond donors (Lipinski definition) is 1. The zero-order chi connectivity index (χ0) is 14.4. The Morgan fingerprint density at radius 2 is 2.15 bits per heavy atom. The van der Waals surface area contributed by atoms with Crippen molar-refractivity contribution in [3.8, 4) is 0 Å². The molecule has 0 aliphatic rings. The first-order valence-electron chi connectivity index (χ1n) is 7.27. The third kappa shape index (κ3) is 3.86. The summed E-state index contributed by atoms with van der Waals surface area (Å²) in [6.07, 6.45) is 6.69. The molecule has 0 aliphatic heterocycles. The van der Waals surface area contributed by atoms with Gasteiger partial charge in [-0.1, -0.05) is 13.8 Å². The first kappa shape index (κ1) is 15.1. The Hall–Kier alpha value is -1.27. The summed E-state index contributed by atoms with van der Waals surface area (Å²) in [4.78, 5) is 10.1. The number of nitrogens with one attached hydrogen (secondary N) is 1. The molecule has 0 aliphatic carbocycles. The van der Waals surface area contributed by atoms with E-state index in [4.69, 9.17) is 0 Å². The molecular formula is C14H23N5S. The summed E-state index contributed by atoms with van der Waals surface area (Å²) in [5.41, 5.74) is 0. The van der Waals surface area contributed by atoms with Crippen molar-refractivity contribution in [1.82, 2.24) is 25.1 Å². The van der Waals surface area contributed by atoms with E-state index in [1.54, 1.807) is 17.7 Å². The van der Waals surface area contributed by atoms with Gasteiger partial charge in [0.15, 0.2) is 0 Å². The highest BCUT2D eigenvalue weighted by Crippen LogP contribution is 2.23. The average molecular weight is 293 g/mol. The van der Waals surface area contributed by atoms with Crippen LogP contribution in [-0.4, -0.2) is 26.3 Å². The molecule has 0 aromatic carbocycles. The number of nitrogens with zero attached hydrogens (tertiary/aromatic N) is 4. The van der Waals surface area contributed by atoms with Crippen LogP contribution in [0.5, 0.6) is 0 Å². The number of thiazole rings is 1. The van der Waals surface area contributed by atoms with Crippen LogP contribution < -0.4 is 5.32 Å². The molecule has 2 aromatic rings. The lowest BCUT2D eigenvalue weighted by molar-refractivity contribution is 0.493. The van der Waals surface area contributed by atoms with Crippen LogP contribution in [0.1, 0.15) is 48.4 Å². The summed E-state index contributed by atoms with van der Waals surface area (Å²) >= 11 is 1.76. The van der Waals surface area contributed by atoms with Gasteiger partial charge in [-0.25, -0.2) is 9.97 Å². The van der Waals surface area contributed by atoms with Crippen molar-refractivity contribution in [2.24, 2.45) is 0 Å². The van der Waals surface area contributed by atoms with Gasteiger partial charge in [0.05, 0.1) is 11.0 Å². The maximum Gasteiger partial charge on any atom is 0.138 e. The van der Waals surface area contributed by atoms with E-state index in [0.717, 1.165) is 43.2 Å². The minimum Gasteiger partial charge on any atom is -0.309 e. The van der Waals surface area contributed by atoms with Gasteiger partial charge in [-0.3, -0.25) is 4.68 Å². The van der Waals surface area contributed by atoms with Crippen LogP contribution in [0.15, 0.2) is 12.5 Å². The van der Waals surface area contributed by atoms with Crippen molar-refractivity contribution in [3.63, 3.8) is 0 Å². The SMILES string of the molecule is CCCNC(Cc1ncnn1CCC)c1cnc(C)s1. The molecule has 0 bridgehead atoms. The van der Waals surface area contributed by atoms with Crippen LogP contribution in [0.3, 0.4) is 0 Å². The molecule has 2 heterocycles. The second kappa shape index (κ2) is 7.50. The molecule has 2 aromatic heterocycles. The van der Waals surface area contributed by atoms with E-state index >= 15 is 0 Å². The Bertz CT molecular complexity index is 519. The molecule has 6 heteroatoms. The minimum atomic E-state index is 0.279. The predicted molar refractivity (Wildman–Crippen MR) is 81.9 cm³/mol. The van der Waals surface area contributed by atoms with Crippen LogP contribution in [0.4, 0.5) is 0 Å². The molecule has 5 nitrogen and oxygen atoms in total. The zero-order valence-electron chi connectivity index (χ0n) is 12.5. The van der Waals surface area contributed by atoms with Crippen molar-refractivity contribution in [1.29, 1.82) is 0 Å². The smallest absolute Gasteiger partial charge is 0.138 e. The number of aryl methyl sites for hydroxylation is 2. The Morgan fingerprint density at radius 1 is 1.30 bits per heavy atom. The van der Waals surface area contributed by atoms with E-state index in [1.807, 2.05) is 17.8 Å². The van der Waals surface area contributed by atoms with Crippen molar-refractivity contribution >= 4 is 11.3 Å². The van der Waals surface area contributed by atoms with Gasteiger partial charge in [-0.2, -0.15) is 5.10 Å². The molecule has 1 unspecified atom stereocenters. The number of hydrogen-bond acceptors (Lipinski definition) is 5. The molecule has 1 N–H and O–H groups in total. The molecule has 1 atom stereocenters. The van der Waals surface area contributed by atoms with Crippen LogP contribution in [-0.2, 0) is 13.0 Å². The molecule has 0 fully saturated rings. The molecule has 0 saturated heterocycles. The summed E-state index contributed by atoms with van der Waals surface area (Å²) in [6, 6.07) is 0.279. The Balaban J connectivity index is 2.12. The van der Waals surface area contributed by atoms with Gasteiger partial charge < -0.3 is 5.32 Å². The summed E-state index contributed by atoms with van der Waals surface area (Å²) in [7, 11) is 0. The van der Waals surface area contributed by atoms with Crippen molar-refractivity contribution in [2.75, 3.05) is 6.54 Å². The molecule has 0 spiro atoms. The van der Waals surface area contributed by atoms with Crippen molar-refractivity contribution in [3.05, 3.63) is 28.2 Å². The third-order valence-corrected chi connectivity index (χ3v) is 4.17. The Labute approximate surface area is 124 Å². The Kier molecular flexibility index (Phi) is 5.67. The van der Waals surface area contributed by atoms with E-state index in [2.05, 4.69) is 34.2 Å². The standard InChI is InChI=1S/C14H23N5S/c1-4-6-15-12(13-9-16-11(3)20-13)8-14-17-10-18-19(14)7-5-2/h9-10,12,15H,4-8H2,1-3H3. The molecule has 20 heavy (non-hydrogen) atoms. The van der Waals surface area contributed by atoms with Gasteiger partial charge in [-0.15, -0.1) is 11.3 Å². The van der Waals surface area contributed by atoms with E-state index in [1.165, 1.54) is 4.88 Å². The molecule has 2 rings (SSSR count). The fourth-order valence-electron chi connectivity index (χ4n) is 2.16. The maximum absolute atomic E-state index is 4.41. The molecular weight excluding hydrogens is 270 g/mol.